The van der Waals surface area contributed by atoms with Gasteiger partial charge in [-0.2, -0.15) is 0 Å². The van der Waals surface area contributed by atoms with Crippen LogP contribution in [-0.4, -0.2) is 24.5 Å². The zero-order chi connectivity index (χ0) is 17.4. The molecular formula is C19H20N3O2S+. The molecule has 1 unspecified atom stereocenters. The summed E-state index contributed by atoms with van der Waals surface area (Å²) in [6.45, 7) is 2.27. The maximum absolute atomic E-state index is 12.5. The molecule has 3 heterocycles. The van der Waals surface area contributed by atoms with Crippen LogP contribution in [0.4, 0.5) is 5.69 Å². The molecule has 0 bridgehead atoms. The van der Waals surface area contributed by atoms with Crippen LogP contribution >= 0.6 is 11.3 Å². The Bertz CT molecular complexity index is 937. The number of aromatic nitrogens is 1. The number of likely N-dealkylation sites (N-methyl/N-ethyl adjacent to an activating group) is 1. The number of nitrogen functional groups attached to an aromatic ring is 1. The van der Waals surface area contributed by atoms with Crippen LogP contribution in [0.2, 0.25) is 0 Å². The third-order valence-corrected chi connectivity index (χ3v) is 5.66. The lowest BCUT2D eigenvalue weighted by Gasteiger charge is -2.21. The third-order valence-electron chi connectivity index (χ3n) is 4.57. The number of nitrogens with two attached hydrogens (primary N) is 1. The fourth-order valence-corrected chi connectivity index (χ4v) is 4.16. The highest BCUT2D eigenvalue weighted by Crippen LogP contribution is 2.34. The van der Waals surface area contributed by atoms with Crippen molar-refractivity contribution in [3.8, 4) is 0 Å². The van der Waals surface area contributed by atoms with E-state index >= 15 is 0 Å². The minimum absolute atomic E-state index is 0.242. The smallest absolute Gasteiger partial charge is 0.350 e. The number of hydrogen-bond donors (Lipinski definition) is 2. The summed E-state index contributed by atoms with van der Waals surface area (Å²) in [4.78, 5) is 19.9. The van der Waals surface area contributed by atoms with Crippen LogP contribution in [0.3, 0.4) is 0 Å². The maximum atomic E-state index is 12.5. The number of ether oxygens (including phenoxy) is 1. The highest BCUT2D eigenvalue weighted by Gasteiger charge is 2.23. The number of rotatable bonds is 3. The van der Waals surface area contributed by atoms with Crippen LogP contribution in [0.15, 0.2) is 36.4 Å². The van der Waals surface area contributed by atoms with Crippen LogP contribution in [0.25, 0.3) is 10.2 Å². The van der Waals surface area contributed by atoms with Gasteiger partial charge >= 0.3 is 5.97 Å². The van der Waals surface area contributed by atoms with Crippen LogP contribution in [-0.2, 0) is 24.3 Å². The van der Waals surface area contributed by atoms with Gasteiger partial charge in [-0.1, -0.05) is 30.3 Å². The first kappa shape index (κ1) is 16.1. The third kappa shape index (κ3) is 3.10. The van der Waals surface area contributed by atoms with Gasteiger partial charge in [0.2, 0.25) is 0 Å². The van der Waals surface area contributed by atoms with E-state index in [0.29, 0.717) is 10.6 Å². The second-order valence-electron chi connectivity index (χ2n) is 6.49. The SMILES string of the molecule is C[NH+]1CCc2nc3sc(C(=O)OCc4ccccc4)c(N)c3cc2C1. The van der Waals surface area contributed by atoms with Crippen molar-refractivity contribution < 1.29 is 14.4 Å². The van der Waals surface area contributed by atoms with Crippen molar-refractivity contribution in [1.29, 1.82) is 0 Å². The van der Waals surface area contributed by atoms with Crippen molar-refractivity contribution in [3.05, 3.63) is 58.1 Å². The molecule has 1 aliphatic rings. The van der Waals surface area contributed by atoms with Crippen LogP contribution in [0.5, 0.6) is 0 Å². The average Bonchev–Trinajstić information content (AvgIpc) is 2.95. The molecule has 128 valence electrons. The zero-order valence-electron chi connectivity index (χ0n) is 14.0. The zero-order valence-corrected chi connectivity index (χ0v) is 14.9. The Morgan fingerprint density at radius 3 is 2.96 bits per heavy atom. The Morgan fingerprint density at radius 1 is 1.36 bits per heavy atom. The summed E-state index contributed by atoms with van der Waals surface area (Å²) in [5.41, 5.74) is 10.0. The maximum Gasteiger partial charge on any atom is 0.350 e. The van der Waals surface area contributed by atoms with Gasteiger partial charge < -0.3 is 15.4 Å². The number of benzene rings is 1. The van der Waals surface area contributed by atoms with E-state index < -0.39 is 0 Å². The van der Waals surface area contributed by atoms with E-state index in [2.05, 4.69) is 13.1 Å². The summed E-state index contributed by atoms with van der Waals surface area (Å²) >= 11 is 1.32. The molecule has 0 radical (unpaired) electrons. The highest BCUT2D eigenvalue weighted by atomic mass is 32.1. The summed E-state index contributed by atoms with van der Waals surface area (Å²) in [6.07, 6.45) is 0.961. The molecule has 2 aromatic heterocycles. The predicted octanol–water partition coefficient (Wildman–Crippen LogP) is 1.81. The molecule has 0 fully saturated rings. The molecule has 25 heavy (non-hydrogen) atoms. The van der Waals surface area contributed by atoms with E-state index in [4.69, 9.17) is 15.5 Å². The quantitative estimate of drug-likeness (QED) is 0.704. The van der Waals surface area contributed by atoms with E-state index in [1.165, 1.54) is 21.8 Å². The standard InChI is InChI=1S/C19H19N3O2S/c1-22-8-7-15-13(10-22)9-14-16(20)17(25-18(14)21-15)19(23)24-11-12-5-3-2-4-6-12/h2-6,9H,7-8,10-11,20H2,1H3/p+1. The largest absolute Gasteiger partial charge is 0.457 e. The van der Waals surface area contributed by atoms with Gasteiger partial charge in [-0.05, 0) is 11.6 Å². The molecule has 0 saturated heterocycles. The predicted molar refractivity (Wildman–Crippen MR) is 98.8 cm³/mol. The minimum Gasteiger partial charge on any atom is -0.457 e. The number of quaternary nitrogens is 1. The summed E-state index contributed by atoms with van der Waals surface area (Å²) in [5, 5.41) is 0.866. The summed E-state index contributed by atoms with van der Waals surface area (Å²) < 4.78 is 5.43. The fraction of sp³-hybridized carbons (Fsp3) is 0.263. The molecule has 5 nitrogen and oxygen atoms in total. The number of fused-ring (bicyclic) bond motifs is 2. The highest BCUT2D eigenvalue weighted by molar-refractivity contribution is 7.21. The van der Waals surface area contributed by atoms with Crippen molar-refractivity contribution in [2.75, 3.05) is 19.3 Å². The van der Waals surface area contributed by atoms with E-state index in [0.717, 1.165) is 41.0 Å². The van der Waals surface area contributed by atoms with Crippen LogP contribution in [0.1, 0.15) is 26.5 Å². The normalized spacial score (nSPS) is 16.6. The molecule has 0 aliphatic carbocycles. The Hall–Kier alpha value is -2.44. The topological polar surface area (TPSA) is 69.7 Å². The van der Waals surface area contributed by atoms with Crippen LogP contribution < -0.4 is 10.6 Å². The van der Waals surface area contributed by atoms with Crippen molar-refractivity contribution in [2.24, 2.45) is 0 Å². The number of nitrogens with one attached hydrogen (secondary N) is 1. The molecule has 6 heteroatoms. The molecule has 1 aliphatic heterocycles. The Balaban J connectivity index is 1.61. The summed E-state index contributed by atoms with van der Waals surface area (Å²) in [7, 11) is 2.18. The first-order chi connectivity index (χ1) is 12.1. The summed E-state index contributed by atoms with van der Waals surface area (Å²) in [5.74, 6) is -0.384. The number of carbonyl (C=O) groups excluding carboxylic acids is 1. The fourth-order valence-electron chi connectivity index (χ4n) is 3.17. The van der Waals surface area contributed by atoms with Crippen molar-refractivity contribution >= 4 is 33.2 Å². The molecule has 1 aromatic carbocycles. The molecule has 3 N–H and O–H groups in total. The van der Waals surface area contributed by atoms with Gasteiger partial charge in [-0.3, -0.25) is 0 Å². The van der Waals surface area contributed by atoms with Gasteiger partial charge in [0.05, 0.1) is 25.0 Å². The van der Waals surface area contributed by atoms with E-state index in [9.17, 15) is 4.79 Å². The number of thiophene rings is 1. The molecule has 0 saturated carbocycles. The lowest BCUT2D eigenvalue weighted by atomic mass is 10.0. The molecule has 0 amide bonds. The minimum atomic E-state index is -0.384. The number of nitrogens with zero attached hydrogens (tertiary/aromatic N) is 1. The van der Waals surface area contributed by atoms with E-state index in [1.807, 2.05) is 30.3 Å². The lowest BCUT2D eigenvalue weighted by molar-refractivity contribution is -0.895. The number of esters is 1. The molecule has 1 atom stereocenters. The number of anilines is 1. The lowest BCUT2D eigenvalue weighted by Crippen LogP contribution is -3.08. The number of carbonyl (C=O) groups is 1. The number of pyridine rings is 1. The molecule has 4 rings (SSSR count). The number of hydrogen-bond acceptors (Lipinski definition) is 5. The van der Waals surface area contributed by atoms with Crippen molar-refractivity contribution in [1.82, 2.24) is 4.98 Å². The van der Waals surface area contributed by atoms with Crippen LogP contribution in [0, 0.1) is 0 Å². The molecular weight excluding hydrogens is 334 g/mol. The summed E-state index contributed by atoms with van der Waals surface area (Å²) in [6, 6.07) is 11.7. The van der Waals surface area contributed by atoms with Crippen molar-refractivity contribution in [2.45, 2.75) is 19.6 Å². The van der Waals surface area contributed by atoms with Gasteiger partial charge in [0, 0.05) is 17.4 Å². The Labute approximate surface area is 150 Å². The van der Waals surface area contributed by atoms with Gasteiger partial charge in [0.1, 0.15) is 22.9 Å². The van der Waals surface area contributed by atoms with Gasteiger partial charge in [-0.25, -0.2) is 9.78 Å². The Morgan fingerprint density at radius 2 is 2.16 bits per heavy atom. The first-order valence-electron chi connectivity index (χ1n) is 8.35. The molecule has 0 spiro atoms. The van der Waals surface area contributed by atoms with Gasteiger partial charge in [-0.15, -0.1) is 11.3 Å². The van der Waals surface area contributed by atoms with E-state index in [1.54, 1.807) is 0 Å². The Kier molecular flexibility index (Phi) is 4.15. The first-order valence-corrected chi connectivity index (χ1v) is 9.16. The van der Waals surface area contributed by atoms with E-state index in [-0.39, 0.29) is 12.6 Å². The van der Waals surface area contributed by atoms with Gasteiger partial charge in [0.25, 0.3) is 0 Å². The van der Waals surface area contributed by atoms with Gasteiger partial charge in [0.15, 0.2) is 0 Å². The monoisotopic (exact) mass is 354 g/mol. The second-order valence-corrected chi connectivity index (χ2v) is 7.49. The molecule has 3 aromatic rings. The second kappa shape index (κ2) is 6.46. The average molecular weight is 354 g/mol. The van der Waals surface area contributed by atoms with Crippen molar-refractivity contribution in [3.63, 3.8) is 0 Å².